The molecule has 0 radical (unpaired) electrons. The van der Waals surface area contributed by atoms with E-state index in [1.165, 1.54) is 16.3 Å². The maximum absolute atomic E-state index is 5.59. The summed E-state index contributed by atoms with van der Waals surface area (Å²) in [4.78, 5) is 5.12. The van der Waals surface area contributed by atoms with Crippen LogP contribution in [0.15, 0.2) is 84.9 Å². The molecule has 0 atom stereocenters. The van der Waals surface area contributed by atoms with Crippen molar-refractivity contribution in [2.45, 2.75) is 6.42 Å². The molecule has 0 fully saturated rings. The molecule has 0 bridgehead atoms. The number of aromatic nitrogens is 1. The molecule has 4 aromatic carbocycles. The van der Waals surface area contributed by atoms with Crippen LogP contribution >= 0.6 is 0 Å². The summed E-state index contributed by atoms with van der Waals surface area (Å²) in [5.74, 6) is 2.22. The minimum atomic E-state index is 0.697. The van der Waals surface area contributed by atoms with E-state index in [0.717, 1.165) is 33.5 Å². The molecule has 1 heterocycles. The van der Waals surface area contributed by atoms with Crippen molar-refractivity contribution in [3.8, 4) is 28.5 Å². The molecule has 164 valence electrons. The Morgan fingerprint density at radius 3 is 2.12 bits per heavy atom. The van der Waals surface area contributed by atoms with Crippen molar-refractivity contribution in [2.75, 3.05) is 21.3 Å². The molecular weight excluding hydrogens is 410 g/mol. The molecule has 4 heteroatoms. The number of benzene rings is 4. The molecule has 0 unspecified atom stereocenters. The van der Waals surface area contributed by atoms with Gasteiger partial charge in [-0.05, 0) is 64.2 Å². The molecule has 0 aliphatic carbocycles. The number of nitrogens with zero attached hydrogens (tertiary/aromatic N) is 1. The normalized spacial score (nSPS) is 11.0. The summed E-state index contributed by atoms with van der Waals surface area (Å²) >= 11 is 0. The lowest BCUT2D eigenvalue weighted by atomic mass is 9.97. The second kappa shape index (κ2) is 8.83. The molecule has 33 heavy (non-hydrogen) atoms. The number of hydrogen-bond donors (Lipinski definition) is 0. The molecule has 0 aliphatic heterocycles. The predicted molar refractivity (Wildman–Crippen MR) is 134 cm³/mol. The Labute approximate surface area is 193 Å². The van der Waals surface area contributed by atoms with Gasteiger partial charge in [0.25, 0.3) is 0 Å². The van der Waals surface area contributed by atoms with Crippen molar-refractivity contribution in [3.05, 3.63) is 96.2 Å². The SMILES string of the molecule is COc1ccc(-c2cc3cc(OC)c(OC)cc3c(Cc3cccc4ccccc34)n2)cc1. The van der Waals surface area contributed by atoms with Gasteiger partial charge in [0.1, 0.15) is 5.75 Å². The number of hydrogen-bond acceptors (Lipinski definition) is 4. The molecule has 0 amide bonds. The van der Waals surface area contributed by atoms with Gasteiger partial charge < -0.3 is 14.2 Å². The van der Waals surface area contributed by atoms with Crippen molar-refractivity contribution in [1.82, 2.24) is 4.98 Å². The maximum Gasteiger partial charge on any atom is 0.161 e. The van der Waals surface area contributed by atoms with Crippen molar-refractivity contribution in [3.63, 3.8) is 0 Å². The van der Waals surface area contributed by atoms with Gasteiger partial charge in [-0.3, -0.25) is 4.98 Å². The zero-order chi connectivity index (χ0) is 22.8. The molecule has 0 N–H and O–H groups in total. The standard InChI is InChI=1S/C29H25NO3/c1-31-23-13-11-20(12-14-23)26-16-22-17-28(32-2)29(33-3)18-25(22)27(30-26)15-21-9-6-8-19-7-4-5-10-24(19)21/h4-14,16-18H,15H2,1-3H3. The smallest absolute Gasteiger partial charge is 0.161 e. The van der Waals surface area contributed by atoms with Crippen molar-refractivity contribution in [2.24, 2.45) is 0 Å². The molecule has 0 saturated heterocycles. The minimum absolute atomic E-state index is 0.697. The van der Waals surface area contributed by atoms with Gasteiger partial charge in [-0.1, -0.05) is 42.5 Å². The van der Waals surface area contributed by atoms with Crippen LogP contribution in [0.5, 0.6) is 17.2 Å². The van der Waals surface area contributed by atoms with Gasteiger partial charge in [0.2, 0.25) is 0 Å². The van der Waals surface area contributed by atoms with Crippen molar-refractivity contribution >= 4 is 21.5 Å². The summed E-state index contributed by atoms with van der Waals surface area (Å²) < 4.78 is 16.5. The van der Waals surface area contributed by atoms with Gasteiger partial charge in [0.15, 0.2) is 11.5 Å². The molecule has 0 aliphatic rings. The fourth-order valence-corrected chi connectivity index (χ4v) is 4.32. The molecule has 4 nitrogen and oxygen atoms in total. The lowest BCUT2D eigenvalue weighted by molar-refractivity contribution is 0.356. The molecular formula is C29H25NO3. The van der Waals surface area contributed by atoms with E-state index in [0.29, 0.717) is 17.9 Å². The molecule has 5 rings (SSSR count). The Kier molecular flexibility index (Phi) is 5.57. The van der Waals surface area contributed by atoms with E-state index in [1.807, 2.05) is 36.4 Å². The highest BCUT2D eigenvalue weighted by atomic mass is 16.5. The van der Waals surface area contributed by atoms with E-state index >= 15 is 0 Å². The highest BCUT2D eigenvalue weighted by Crippen LogP contribution is 2.36. The zero-order valence-corrected chi connectivity index (χ0v) is 19.0. The largest absolute Gasteiger partial charge is 0.497 e. The Hall–Kier alpha value is -4.05. The Morgan fingerprint density at radius 2 is 1.36 bits per heavy atom. The van der Waals surface area contributed by atoms with E-state index in [2.05, 4.69) is 48.5 Å². The Morgan fingerprint density at radius 1 is 0.636 bits per heavy atom. The first-order valence-electron chi connectivity index (χ1n) is 10.9. The van der Waals surface area contributed by atoms with Gasteiger partial charge in [0, 0.05) is 17.4 Å². The minimum Gasteiger partial charge on any atom is -0.497 e. The average Bonchev–Trinajstić information content (AvgIpc) is 2.88. The summed E-state index contributed by atoms with van der Waals surface area (Å²) in [6.07, 6.45) is 0.706. The fraction of sp³-hybridized carbons (Fsp3) is 0.138. The number of pyridine rings is 1. The van der Waals surface area contributed by atoms with Crippen LogP contribution in [-0.4, -0.2) is 26.3 Å². The number of rotatable bonds is 6. The van der Waals surface area contributed by atoms with Gasteiger partial charge in [-0.2, -0.15) is 0 Å². The van der Waals surface area contributed by atoms with Crippen molar-refractivity contribution < 1.29 is 14.2 Å². The number of ether oxygens (including phenoxy) is 3. The second-order valence-electron chi connectivity index (χ2n) is 7.93. The summed E-state index contributed by atoms with van der Waals surface area (Å²) in [7, 11) is 4.99. The second-order valence-corrected chi connectivity index (χ2v) is 7.93. The number of methoxy groups -OCH3 is 3. The molecule has 0 spiro atoms. The van der Waals surface area contributed by atoms with Gasteiger partial charge in [-0.15, -0.1) is 0 Å². The van der Waals surface area contributed by atoms with Crippen LogP contribution in [0.25, 0.3) is 32.8 Å². The van der Waals surface area contributed by atoms with Crippen LogP contribution < -0.4 is 14.2 Å². The van der Waals surface area contributed by atoms with Crippen LogP contribution in [0.4, 0.5) is 0 Å². The van der Waals surface area contributed by atoms with E-state index in [1.54, 1.807) is 21.3 Å². The van der Waals surface area contributed by atoms with E-state index in [4.69, 9.17) is 19.2 Å². The average molecular weight is 436 g/mol. The third kappa shape index (κ3) is 3.96. The molecule has 5 aromatic rings. The quantitative estimate of drug-likeness (QED) is 0.299. The maximum atomic E-state index is 5.59. The summed E-state index contributed by atoms with van der Waals surface area (Å²) in [6.45, 7) is 0. The van der Waals surface area contributed by atoms with E-state index in [9.17, 15) is 0 Å². The summed E-state index contributed by atoms with van der Waals surface area (Å²) in [6, 6.07) is 29.0. The van der Waals surface area contributed by atoms with Gasteiger partial charge in [-0.25, -0.2) is 0 Å². The lowest BCUT2D eigenvalue weighted by Gasteiger charge is -2.15. The topological polar surface area (TPSA) is 40.6 Å². The Bertz CT molecular complexity index is 1440. The third-order valence-electron chi connectivity index (χ3n) is 6.04. The zero-order valence-electron chi connectivity index (χ0n) is 19.0. The first-order valence-corrected chi connectivity index (χ1v) is 10.9. The van der Waals surface area contributed by atoms with Crippen LogP contribution in [0.2, 0.25) is 0 Å². The lowest BCUT2D eigenvalue weighted by Crippen LogP contribution is -1.99. The van der Waals surface area contributed by atoms with Crippen LogP contribution in [-0.2, 0) is 6.42 Å². The van der Waals surface area contributed by atoms with E-state index in [-0.39, 0.29) is 0 Å². The van der Waals surface area contributed by atoms with Gasteiger partial charge in [0.05, 0.1) is 32.7 Å². The van der Waals surface area contributed by atoms with E-state index < -0.39 is 0 Å². The van der Waals surface area contributed by atoms with Crippen LogP contribution in [0.3, 0.4) is 0 Å². The highest BCUT2D eigenvalue weighted by Gasteiger charge is 2.14. The highest BCUT2D eigenvalue weighted by molar-refractivity contribution is 5.92. The number of fused-ring (bicyclic) bond motifs is 2. The molecule has 1 aromatic heterocycles. The monoisotopic (exact) mass is 435 g/mol. The summed E-state index contributed by atoms with van der Waals surface area (Å²) in [5.41, 5.74) is 4.18. The van der Waals surface area contributed by atoms with Crippen LogP contribution in [0.1, 0.15) is 11.3 Å². The van der Waals surface area contributed by atoms with Gasteiger partial charge >= 0.3 is 0 Å². The first-order chi connectivity index (χ1) is 16.2. The summed E-state index contributed by atoms with van der Waals surface area (Å²) in [5, 5.41) is 4.58. The molecule has 0 saturated carbocycles. The fourth-order valence-electron chi connectivity index (χ4n) is 4.32. The van der Waals surface area contributed by atoms with Crippen molar-refractivity contribution in [1.29, 1.82) is 0 Å². The predicted octanol–water partition coefficient (Wildman–Crippen LogP) is 6.67. The third-order valence-corrected chi connectivity index (χ3v) is 6.04. The first kappa shape index (κ1) is 20.8. The van der Waals surface area contributed by atoms with Crippen LogP contribution in [0, 0.1) is 0 Å². The Balaban J connectivity index is 1.71.